The topological polar surface area (TPSA) is 50.6 Å². The minimum atomic E-state index is -0.0347. The lowest BCUT2D eigenvalue weighted by atomic mass is 9.88. The number of likely N-dealkylation sites (tertiary alicyclic amines) is 1. The molecule has 3 fully saturated rings. The van der Waals surface area contributed by atoms with Gasteiger partial charge in [-0.3, -0.25) is 14.4 Å². The fourth-order valence-electron chi connectivity index (χ4n) is 4.44. The summed E-state index contributed by atoms with van der Waals surface area (Å²) in [4.78, 5) is 17.4. The lowest BCUT2D eigenvalue weighted by Gasteiger charge is -2.47. The summed E-state index contributed by atoms with van der Waals surface area (Å²) in [7, 11) is 0. The van der Waals surface area contributed by atoms with E-state index in [-0.39, 0.29) is 12.0 Å². The van der Waals surface area contributed by atoms with Crippen molar-refractivity contribution in [2.24, 2.45) is 5.92 Å². The molecule has 1 aromatic rings. The molecule has 1 saturated carbocycles. The molecule has 4 rings (SSSR count). The molecule has 0 radical (unpaired) electrons. The van der Waals surface area contributed by atoms with Gasteiger partial charge >= 0.3 is 0 Å². The van der Waals surface area contributed by atoms with Gasteiger partial charge < -0.3 is 9.64 Å². The average molecular weight is 346 g/mol. The van der Waals surface area contributed by atoms with Crippen LogP contribution in [0.5, 0.6) is 0 Å². The van der Waals surface area contributed by atoms with Gasteiger partial charge in [-0.15, -0.1) is 0 Å². The standard InChI is InChI=1S/C19H30N4O2/c1-2-23-13-15(10-20-23)18-14-21(8-9-25-18)19(24)16-11-22(12-16)17-6-4-3-5-7-17/h10,13,16-18H,2-9,11-12,14H2,1H3. The van der Waals surface area contributed by atoms with Crippen LogP contribution in [0.2, 0.25) is 0 Å². The van der Waals surface area contributed by atoms with Gasteiger partial charge in [0, 0.05) is 44.0 Å². The van der Waals surface area contributed by atoms with E-state index in [2.05, 4.69) is 16.9 Å². The minimum absolute atomic E-state index is 0.0347. The number of aryl methyl sites for hydroxylation is 1. The van der Waals surface area contributed by atoms with Crippen molar-refractivity contribution in [1.29, 1.82) is 0 Å². The van der Waals surface area contributed by atoms with E-state index in [1.54, 1.807) is 0 Å². The van der Waals surface area contributed by atoms with E-state index < -0.39 is 0 Å². The van der Waals surface area contributed by atoms with Crippen LogP contribution in [0.15, 0.2) is 12.4 Å². The molecule has 1 atom stereocenters. The van der Waals surface area contributed by atoms with Crippen LogP contribution in [0.1, 0.15) is 50.7 Å². The minimum Gasteiger partial charge on any atom is -0.370 e. The van der Waals surface area contributed by atoms with Crippen molar-refractivity contribution < 1.29 is 9.53 Å². The molecule has 1 amide bonds. The molecule has 6 nitrogen and oxygen atoms in total. The van der Waals surface area contributed by atoms with Crippen molar-refractivity contribution in [2.45, 2.75) is 57.7 Å². The third-order valence-corrected chi connectivity index (χ3v) is 6.08. The maximum Gasteiger partial charge on any atom is 0.228 e. The molecule has 3 aliphatic rings. The number of carbonyl (C=O) groups excluding carboxylic acids is 1. The molecule has 25 heavy (non-hydrogen) atoms. The Balaban J connectivity index is 1.30. The van der Waals surface area contributed by atoms with E-state index in [1.807, 2.05) is 22.0 Å². The van der Waals surface area contributed by atoms with Crippen LogP contribution >= 0.6 is 0 Å². The van der Waals surface area contributed by atoms with E-state index >= 15 is 0 Å². The number of ether oxygens (including phenoxy) is 1. The third-order valence-electron chi connectivity index (χ3n) is 6.08. The summed E-state index contributed by atoms with van der Waals surface area (Å²) in [5, 5.41) is 4.33. The number of carbonyl (C=O) groups is 1. The summed E-state index contributed by atoms with van der Waals surface area (Å²) >= 11 is 0. The fraction of sp³-hybridized carbons (Fsp3) is 0.789. The van der Waals surface area contributed by atoms with Crippen LogP contribution in [-0.4, -0.2) is 64.3 Å². The predicted molar refractivity (Wildman–Crippen MR) is 95.1 cm³/mol. The number of nitrogens with zero attached hydrogens (tertiary/aromatic N) is 4. The van der Waals surface area contributed by atoms with E-state index in [9.17, 15) is 4.79 Å². The van der Waals surface area contributed by atoms with Gasteiger partial charge in [-0.25, -0.2) is 0 Å². The molecular weight excluding hydrogens is 316 g/mol. The number of amides is 1. The highest BCUT2D eigenvalue weighted by Gasteiger charge is 2.40. The van der Waals surface area contributed by atoms with Crippen molar-refractivity contribution >= 4 is 5.91 Å². The summed E-state index contributed by atoms with van der Waals surface area (Å²) < 4.78 is 7.80. The summed E-state index contributed by atoms with van der Waals surface area (Å²) in [5.41, 5.74) is 1.08. The zero-order valence-corrected chi connectivity index (χ0v) is 15.3. The summed E-state index contributed by atoms with van der Waals surface area (Å²) in [5.74, 6) is 0.516. The highest BCUT2D eigenvalue weighted by Crippen LogP contribution is 2.30. The molecule has 0 N–H and O–H groups in total. The predicted octanol–water partition coefficient (Wildman–Crippen LogP) is 2.07. The maximum atomic E-state index is 12.9. The number of rotatable bonds is 4. The monoisotopic (exact) mass is 346 g/mol. The number of morpholine rings is 1. The van der Waals surface area contributed by atoms with E-state index in [0.29, 0.717) is 19.1 Å². The molecule has 1 unspecified atom stereocenters. The van der Waals surface area contributed by atoms with Crippen molar-refractivity contribution in [2.75, 3.05) is 32.8 Å². The molecule has 0 spiro atoms. The van der Waals surface area contributed by atoms with Gasteiger partial charge in [0.1, 0.15) is 6.10 Å². The van der Waals surface area contributed by atoms with Crippen LogP contribution < -0.4 is 0 Å². The van der Waals surface area contributed by atoms with Gasteiger partial charge in [0.25, 0.3) is 0 Å². The maximum absolute atomic E-state index is 12.9. The fourth-order valence-corrected chi connectivity index (χ4v) is 4.44. The molecule has 6 heteroatoms. The van der Waals surface area contributed by atoms with E-state index in [4.69, 9.17) is 4.74 Å². The molecule has 1 aromatic heterocycles. The Morgan fingerprint density at radius 2 is 2.04 bits per heavy atom. The molecular formula is C19H30N4O2. The lowest BCUT2D eigenvalue weighted by Crippen LogP contribution is -2.59. The summed E-state index contributed by atoms with van der Waals surface area (Å²) in [6.45, 7) is 6.84. The third kappa shape index (κ3) is 3.60. The second kappa shape index (κ2) is 7.46. The largest absolute Gasteiger partial charge is 0.370 e. The van der Waals surface area contributed by atoms with E-state index in [1.165, 1.54) is 32.1 Å². The van der Waals surface area contributed by atoms with Crippen molar-refractivity contribution in [3.8, 4) is 0 Å². The molecule has 138 valence electrons. The Hall–Kier alpha value is -1.40. The molecule has 3 heterocycles. The number of hydrogen-bond acceptors (Lipinski definition) is 4. The van der Waals surface area contributed by atoms with Gasteiger partial charge in [0.05, 0.1) is 25.3 Å². The quantitative estimate of drug-likeness (QED) is 0.837. The van der Waals surface area contributed by atoms with Gasteiger partial charge in [-0.05, 0) is 19.8 Å². The first-order valence-corrected chi connectivity index (χ1v) is 9.91. The SMILES string of the molecule is CCn1cc(C2CN(C(=O)C3CN(C4CCCCC4)C3)CCO2)cn1. The van der Waals surface area contributed by atoms with Gasteiger partial charge in [-0.2, -0.15) is 5.10 Å². The average Bonchev–Trinajstić information content (AvgIpc) is 3.11. The Kier molecular flexibility index (Phi) is 5.08. The number of aromatic nitrogens is 2. The Bertz CT molecular complexity index is 590. The summed E-state index contributed by atoms with van der Waals surface area (Å²) in [6.07, 6.45) is 10.6. The zero-order chi connectivity index (χ0) is 17.2. The normalized spacial score (nSPS) is 26.6. The smallest absolute Gasteiger partial charge is 0.228 e. The molecule has 1 aliphatic carbocycles. The first-order valence-electron chi connectivity index (χ1n) is 9.91. The van der Waals surface area contributed by atoms with Crippen LogP contribution in [-0.2, 0) is 16.1 Å². The Morgan fingerprint density at radius 1 is 1.24 bits per heavy atom. The van der Waals surface area contributed by atoms with Gasteiger partial charge in [-0.1, -0.05) is 19.3 Å². The van der Waals surface area contributed by atoms with Gasteiger partial charge in [0.15, 0.2) is 0 Å². The second-order valence-corrected chi connectivity index (χ2v) is 7.72. The first kappa shape index (κ1) is 17.0. The first-order chi connectivity index (χ1) is 12.2. The van der Waals surface area contributed by atoms with Crippen LogP contribution in [0.3, 0.4) is 0 Å². The summed E-state index contributed by atoms with van der Waals surface area (Å²) in [6, 6.07) is 0.732. The van der Waals surface area contributed by atoms with Crippen molar-refractivity contribution in [1.82, 2.24) is 19.6 Å². The van der Waals surface area contributed by atoms with Crippen molar-refractivity contribution in [3.63, 3.8) is 0 Å². The number of hydrogen-bond donors (Lipinski definition) is 0. The van der Waals surface area contributed by atoms with Crippen LogP contribution in [0, 0.1) is 5.92 Å². The van der Waals surface area contributed by atoms with Gasteiger partial charge in [0.2, 0.25) is 5.91 Å². The van der Waals surface area contributed by atoms with Crippen LogP contribution in [0.25, 0.3) is 0 Å². The van der Waals surface area contributed by atoms with Crippen LogP contribution in [0.4, 0.5) is 0 Å². The Morgan fingerprint density at radius 3 is 2.76 bits per heavy atom. The lowest BCUT2D eigenvalue weighted by molar-refractivity contribution is -0.150. The highest BCUT2D eigenvalue weighted by molar-refractivity contribution is 5.80. The molecule has 2 saturated heterocycles. The van der Waals surface area contributed by atoms with E-state index in [0.717, 1.165) is 37.8 Å². The zero-order valence-electron chi connectivity index (χ0n) is 15.3. The van der Waals surface area contributed by atoms with Crippen molar-refractivity contribution in [3.05, 3.63) is 18.0 Å². The second-order valence-electron chi connectivity index (χ2n) is 7.72. The highest BCUT2D eigenvalue weighted by atomic mass is 16.5. The molecule has 0 aromatic carbocycles. The Labute approximate surface area is 150 Å². The molecule has 0 bridgehead atoms. The molecule has 2 aliphatic heterocycles.